The van der Waals surface area contributed by atoms with Gasteiger partial charge in [0.1, 0.15) is 0 Å². The lowest BCUT2D eigenvalue weighted by Crippen LogP contribution is -2.39. The molecule has 0 bridgehead atoms. The molecule has 19 heavy (non-hydrogen) atoms. The summed E-state index contributed by atoms with van der Waals surface area (Å²) in [6.45, 7) is 1.43. The highest BCUT2D eigenvalue weighted by molar-refractivity contribution is 7.99. The summed E-state index contributed by atoms with van der Waals surface area (Å²) >= 11 is 1.46. The van der Waals surface area contributed by atoms with Gasteiger partial charge in [0.15, 0.2) is 0 Å². The number of nitrogens with zero attached hydrogens (tertiary/aromatic N) is 3. The van der Waals surface area contributed by atoms with Crippen LogP contribution in [-0.4, -0.2) is 48.0 Å². The second-order valence-corrected chi connectivity index (χ2v) is 7.56. The van der Waals surface area contributed by atoms with E-state index >= 15 is 0 Å². The first-order valence-electron chi connectivity index (χ1n) is 6.09. The molecule has 108 valence electrons. The third-order valence-corrected chi connectivity index (χ3v) is 5.34. The van der Waals surface area contributed by atoms with Crippen LogP contribution in [0.3, 0.4) is 0 Å². The zero-order chi connectivity index (χ0) is 13.9. The molecule has 0 aromatic carbocycles. The quantitative estimate of drug-likeness (QED) is 0.780. The van der Waals surface area contributed by atoms with E-state index in [2.05, 4.69) is 10.2 Å². The summed E-state index contributed by atoms with van der Waals surface area (Å²) in [6.07, 6.45) is 3.18. The van der Waals surface area contributed by atoms with Gasteiger partial charge >= 0.3 is 0 Å². The number of piperidine rings is 1. The van der Waals surface area contributed by atoms with Gasteiger partial charge in [0.2, 0.25) is 15.9 Å². The number of rotatable bonds is 5. The van der Waals surface area contributed by atoms with Gasteiger partial charge in [0, 0.05) is 18.8 Å². The lowest BCUT2D eigenvalue weighted by molar-refractivity contribution is 0.285. The van der Waals surface area contributed by atoms with Crippen LogP contribution in [0.5, 0.6) is 0 Å². The monoisotopic (exact) mass is 306 g/mol. The molecule has 0 spiro atoms. The predicted molar refractivity (Wildman–Crippen MR) is 72.1 cm³/mol. The molecule has 7 nitrogen and oxygen atoms in total. The van der Waals surface area contributed by atoms with Crippen molar-refractivity contribution in [3.05, 3.63) is 5.89 Å². The fourth-order valence-electron chi connectivity index (χ4n) is 2.03. The SMILES string of the molecule is CS(=O)(=O)N1CCCC(CSc2nnc(CN)o2)C1. The Labute approximate surface area is 117 Å². The van der Waals surface area contributed by atoms with Gasteiger partial charge in [-0.25, -0.2) is 12.7 Å². The first-order chi connectivity index (χ1) is 8.99. The van der Waals surface area contributed by atoms with E-state index in [1.807, 2.05) is 0 Å². The van der Waals surface area contributed by atoms with E-state index in [9.17, 15) is 8.42 Å². The summed E-state index contributed by atoms with van der Waals surface area (Å²) in [5.41, 5.74) is 5.39. The Morgan fingerprint density at radius 2 is 2.32 bits per heavy atom. The maximum atomic E-state index is 11.5. The minimum atomic E-state index is -3.09. The van der Waals surface area contributed by atoms with Crippen molar-refractivity contribution in [2.24, 2.45) is 11.7 Å². The minimum absolute atomic E-state index is 0.235. The van der Waals surface area contributed by atoms with Crippen LogP contribution in [0.4, 0.5) is 0 Å². The fraction of sp³-hybridized carbons (Fsp3) is 0.800. The normalized spacial score (nSPS) is 21.7. The van der Waals surface area contributed by atoms with E-state index < -0.39 is 10.0 Å². The van der Waals surface area contributed by atoms with Crippen LogP contribution in [0.25, 0.3) is 0 Å². The largest absolute Gasteiger partial charge is 0.415 e. The minimum Gasteiger partial charge on any atom is -0.415 e. The Balaban J connectivity index is 1.86. The standard InChI is InChI=1S/C10H18N4O3S2/c1-19(15,16)14-4-2-3-8(6-14)7-18-10-13-12-9(5-11)17-10/h8H,2-7,11H2,1H3. The predicted octanol–water partition coefficient (Wildman–Crippen LogP) is 0.292. The van der Waals surface area contributed by atoms with Crippen molar-refractivity contribution in [3.63, 3.8) is 0 Å². The van der Waals surface area contributed by atoms with Crippen molar-refractivity contribution in [2.45, 2.75) is 24.6 Å². The number of aromatic nitrogens is 2. The third-order valence-electron chi connectivity index (χ3n) is 3.02. The molecule has 2 rings (SSSR count). The fourth-order valence-corrected chi connectivity index (χ4v) is 3.88. The molecular weight excluding hydrogens is 288 g/mol. The number of nitrogens with two attached hydrogens (primary N) is 1. The molecule has 2 N–H and O–H groups in total. The summed E-state index contributed by atoms with van der Waals surface area (Å²) in [6, 6.07) is 0. The molecule has 0 amide bonds. The summed E-state index contributed by atoms with van der Waals surface area (Å²) in [5, 5.41) is 8.15. The lowest BCUT2D eigenvalue weighted by Gasteiger charge is -2.30. The molecule has 0 radical (unpaired) electrons. The summed E-state index contributed by atoms with van der Waals surface area (Å²) in [7, 11) is -3.09. The summed E-state index contributed by atoms with van der Waals surface area (Å²) in [4.78, 5) is 0. The maximum absolute atomic E-state index is 11.5. The number of hydrogen-bond donors (Lipinski definition) is 1. The first kappa shape index (κ1) is 14.8. The second-order valence-electron chi connectivity index (χ2n) is 4.61. The van der Waals surface area contributed by atoms with Crippen molar-refractivity contribution in [1.29, 1.82) is 0 Å². The molecule has 1 aliphatic heterocycles. The van der Waals surface area contributed by atoms with Crippen LogP contribution in [0, 0.1) is 5.92 Å². The average Bonchev–Trinajstić information content (AvgIpc) is 2.84. The Bertz CT molecular complexity index is 517. The first-order valence-corrected chi connectivity index (χ1v) is 8.93. The topological polar surface area (TPSA) is 102 Å². The average molecular weight is 306 g/mol. The molecule has 2 heterocycles. The van der Waals surface area contributed by atoms with E-state index in [-0.39, 0.29) is 6.54 Å². The van der Waals surface area contributed by atoms with E-state index in [1.54, 1.807) is 4.31 Å². The summed E-state index contributed by atoms with van der Waals surface area (Å²) < 4.78 is 29.9. The van der Waals surface area contributed by atoms with Crippen molar-refractivity contribution < 1.29 is 12.8 Å². The summed E-state index contributed by atoms with van der Waals surface area (Å²) in [5.74, 6) is 1.52. The molecule has 0 aliphatic carbocycles. The molecule has 1 fully saturated rings. The molecule has 1 atom stereocenters. The van der Waals surface area contributed by atoms with E-state index in [0.717, 1.165) is 18.6 Å². The van der Waals surface area contributed by atoms with Crippen LogP contribution in [0.2, 0.25) is 0 Å². The third kappa shape index (κ3) is 4.16. The number of thioether (sulfide) groups is 1. The molecular formula is C10H18N4O3S2. The van der Waals surface area contributed by atoms with Crippen LogP contribution in [0.1, 0.15) is 18.7 Å². The maximum Gasteiger partial charge on any atom is 0.276 e. The van der Waals surface area contributed by atoms with Crippen LogP contribution in [-0.2, 0) is 16.6 Å². The molecule has 1 aromatic heterocycles. The Hall–Kier alpha value is -0.640. The molecule has 9 heteroatoms. The van der Waals surface area contributed by atoms with Crippen molar-refractivity contribution in [3.8, 4) is 0 Å². The highest BCUT2D eigenvalue weighted by atomic mass is 32.2. The van der Waals surface area contributed by atoms with Gasteiger partial charge < -0.3 is 10.2 Å². The van der Waals surface area contributed by atoms with Crippen molar-refractivity contribution >= 4 is 21.8 Å². The van der Waals surface area contributed by atoms with Gasteiger partial charge in [-0.15, -0.1) is 10.2 Å². The van der Waals surface area contributed by atoms with Crippen LogP contribution in [0.15, 0.2) is 9.64 Å². The Morgan fingerprint density at radius 3 is 2.95 bits per heavy atom. The van der Waals surface area contributed by atoms with Crippen LogP contribution >= 0.6 is 11.8 Å². The van der Waals surface area contributed by atoms with E-state index in [1.165, 1.54) is 18.0 Å². The van der Waals surface area contributed by atoms with Gasteiger partial charge in [-0.1, -0.05) is 11.8 Å². The Morgan fingerprint density at radius 1 is 1.53 bits per heavy atom. The number of hydrogen-bond acceptors (Lipinski definition) is 7. The second kappa shape index (κ2) is 6.21. The van der Waals surface area contributed by atoms with Gasteiger partial charge in [-0.3, -0.25) is 0 Å². The number of sulfonamides is 1. The smallest absolute Gasteiger partial charge is 0.276 e. The van der Waals surface area contributed by atoms with Gasteiger partial charge in [-0.2, -0.15) is 0 Å². The zero-order valence-corrected chi connectivity index (χ0v) is 12.4. The molecule has 0 saturated carbocycles. The van der Waals surface area contributed by atoms with E-state index in [0.29, 0.717) is 30.1 Å². The van der Waals surface area contributed by atoms with Crippen molar-refractivity contribution in [2.75, 3.05) is 25.1 Å². The van der Waals surface area contributed by atoms with Crippen molar-refractivity contribution in [1.82, 2.24) is 14.5 Å². The molecule has 1 unspecified atom stereocenters. The zero-order valence-electron chi connectivity index (χ0n) is 10.8. The van der Waals surface area contributed by atoms with Gasteiger partial charge in [-0.05, 0) is 18.8 Å². The molecule has 1 aliphatic rings. The van der Waals surface area contributed by atoms with E-state index in [4.69, 9.17) is 10.2 Å². The van der Waals surface area contributed by atoms with Gasteiger partial charge in [0.05, 0.1) is 12.8 Å². The van der Waals surface area contributed by atoms with Gasteiger partial charge in [0.25, 0.3) is 5.22 Å². The molecule has 1 saturated heterocycles. The highest BCUT2D eigenvalue weighted by Gasteiger charge is 2.26. The highest BCUT2D eigenvalue weighted by Crippen LogP contribution is 2.25. The van der Waals surface area contributed by atoms with Crippen LogP contribution < -0.4 is 5.73 Å². The Kier molecular flexibility index (Phi) is 4.82. The molecule has 1 aromatic rings. The lowest BCUT2D eigenvalue weighted by atomic mass is 10.0.